The van der Waals surface area contributed by atoms with Crippen molar-refractivity contribution in [3.05, 3.63) is 59.7 Å². The number of rotatable bonds is 9. The van der Waals surface area contributed by atoms with Crippen LogP contribution in [0.3, 0.4) is 0 Å². The Hall–Kier alpha value is -3.19. The van der Waals surface area contributed by atoms with E-state index in [2.05, 4.69) is 17.1 Å². The van der Waals surface area contributed by atoms with Gasteiger partial charge in [0.1, 0.15) is 0 Å². The van der Waals surface area contributed by atoms with Crippen LogP contribution in [0.1, 0.15) is 62.5 Å². The fraction of sp³-hybridized carbons (Fsp3) is 0.500. The van der Waals surface area contributed by atoms with E-state index in [4.69, 9.17) is 4.52 Å². The van der Waals surface area contributed by atoms with Crippen LogP contribution in [0.25, 0.3) is 22.8 Å². The van der Waals surface area contributed by atoms with Gasteiger partial charge in [0.2, 0.25) is 5.82 Å². The molecule has 1 aliphatic carbocycles. The number of nitrogens with zero attached hydrogens (tertiary/aromatic N) is 2. The number of hydrogen-bond acceptors (Lipinski definition) is 3. The molecule has 2 aromatic carbocycles. The van der Waals surface area contributed by atoms with Gasteiger partial charge in [0, 0.05) is 16.7 Å². The molecule has 1 aliphatic rings. The molecule has 4 rings (SSSR count). The van der Waals surface area contributed by atoms with Gasteiger partial charge < -0.3 is 4.52 Å². The molecule has 0 bridgehead atoms. The number of alkyl halides is 11. The summed E-state index contributed by atoms with van der Waals surface area (Å²) in [7, 11) is 0. The van der Waals surface area contributed by atoms with Crippen LogP contribution in [-0.4, -0.2) is 34.1 Å². The number of hydrogen-bond donors (Lipinski definition) is 0. The van der Waals surface area contributed by atoms with Crippen LogP contribution >= 0.6 is 0 Å². The lowest BCUT2D eigenvalue weighted by molar-refractivity contribution is -0.424. The highest BCUT2D eigenvalue weighted by atomic mass is 19.4. The van der Waals surface area contributed by atoms with Crippen molar-refractivity contribution in [2.24, 2.45) is 5.92 Å². The molecule has 0 atom stereocenters. The second-order valence-corrected chi connectivity index (χ2v) is 10.4. The summed E-state index contributed by atoms with van der Waals surface area (Å²) in [6.45, 7) is 2.17. The lowest BCUT2D eigenvalue weighted by Gasteiger charge is -2.37. The highest BCUT2D eigenvalue weighted by Gasteiger charge is 2.87. The topological polar surface area (TPSA) is 38.9 Å². The zero-order valence-electron chi connectivity index (χ0n) is 22.0. The van der Waals surface area contributed by atoms with Crippen LogP contribution in [0.2, 0.25) is 0 Å². The summed E-state index contributed by atoms with van der Waals surface area (Å²) in [6, 6.07) is 9.09. The Kier molecular flexibility index (Phi) is 8.42. The van der Waals surface area contributed by atoms with E-state index in [9.17, 15) is 48.3 Å². The summed E-state index contributed by atoms with van der Waals surface area (Å²) >= 11 is 0. The van der Waals surface area contributed by atoms with Crippen molar-refractivity contribution in [2.45, 2.75) is 81.2 Å². The van der Waals surface area contributed by atoms with Crippen molar-refractivity contribution >= 4 is 0 Å². The first-order chi connectivity index (χ1) is 19.4. The highest BCUT2D eigenvalue weighted by Crippen LogP contribution is 2.59. The molecule has 3 nitrogen and oxygen atoms in total. The normalized spacial score (nSPS) is 19.2. The Bertz CT molecular complexity index is 1340. The number of aromatic nitrogens is 2. The number of halogens is 11. The molecule has 0 saturated heterocycles. The third-order valence-corrected chi connectivity index (χ3v) is 7.64. The molecule has 1 aromatic heterocycles. The molecule has 230 valence electrons. The van der Waals surface area contributed by atoms with Crippen molar-refractivity contribution in [3.8, 4) is 22.8 Å². The van der Waals surface area contributed by atoms with Gasteiger partial charge in [-0.15, -0.1) is 0 Å². The largest absolute Gasteiger partial charge is 0.460 e. The van der Waals surface area contributed by atoms with Crippen molar-refractivity contribution in [2.75, 3.05) is 0 Å². The summed E-state index contributed by atoms with van der Waals surface area (Å²) < 4.78 is 152. The van der Waals surface area contributed by atoms with E-state index in [1.165, 1.54) is 19.3 Å². The first-order valence-electron chi connectivity index (χ1n) is 13.1. The van der Waals surface area contributed by atoms with Crippen LogP contribution in [0.5, 0.6) is 0 Å². The van der Waals surface area contributed by atoms with Crippen molar-refractivity contribution in [1.29, 1.82) is 0 Å². The third-order valence-electron chi connectivity index (χ3n) is 7.64. The van der Waals surface area contributed by atoms with Crippen LogP contribution in [0.15, 0.2) is 53.1 Å². The van der Waals surface area contributed by atoms with Gasteiger partial charge in [-0.1, -0.05) is 61.3 Å². The molecule has 1 heterocycles. The summed E-state index contributed by atoms with van der Waals surface area (Å²) in [5.74, 6) is -27.2. The molecule has 0 radical (unpaired) electrons. The van der Waals surface area contributed by atoms with Gasteiger partial charge in [-0.05, 0) is 55.2 Å². The fourth-order valence-corrected chi connectivity index (χ4v) is 5.13. The number of benzene rings is 2. The zero-order chi connectivity index (χ0) is 31.1. The molecular weight excluding hydrogens is 589 g/mol. The predicted molar refractivity (Wildman–Crippen MR) is 130 cm³/mol. The van der Waals surface area contributed by atoms with E-state index in [0.29, 0.717) is 23.6 Å². The van der Waals surface area contributed by atoms with Gasteiger partial charge in [-0.25, -0.2) is 0 Å². The van der Waals surface area contributed by atoms with Crippen molar-refractivity contribution in [3.63, 3.8) is 0 Å². The fourth-order valence-electron chi connectivity index (χ4n) is 5.13. The van der Waals surface area contributed by atoms with E-state index < -0.39 is 35.4 Å². The van der Waals surface area contributed by atoms with Crippen molar-refractivity contribution in [1.82, 2.24) is 10.1 Å². The third kappa shape index (κ3) is 5.48. The molecule has 42 heavy (non-hydrogen) atoms. The molecule has 1 saturated carbocycles. The zero-order valence-corrected chi connectivity index (χ0v) is 22.0. The standard InChI is InChI=1S/C28H25F11N2O/c1-2-3-16-4-6-17(7-5-16)18-8-10-19(11-9-18)22-40-23(42-41-22)20-12-14-21(15-13-20)24(29,30)25(31,32)26(33,34)27(35,36)28(37,38)39/h8-17H,2-7H2,1H3. The van der Waals surface area contributed by atoms with E-state index in [0.717, 1.165) is 30.7 Å². The second kappa shape index (κ2) is 11.1. The Balaban J connectivity index is 1.49. The first-order valence-corrected chi connectivity index (χ1v) is 13.1. The Morgan fingerprint density at radius 1 is 0.690 bits per heavy atom. The summed E-state index contributed by atoms with van der Waals surface area (Å²) in [5, 5.41) is 3.78. The van der Waals surface area contributed by atoms with Crippen LogP contribution in [0.4, 0.5) is 48.3 Å². The minimum Gasteiger partial charge on any atom is -0.334 e. The smallest absolute Gasteiger partial charge is 0.334 e. The minimum atomic E-state index is -7.48. The molecular formula is C28H25F11N2O. The Morgan fingerprint density at radius 3 is 1.76 bits per heavy atom. The molecule has 0 amide bonds. The van der Waals surface area contributed by atoms with Crippen LogP contribution in [0, 0.1) is 5.92 Å². The second-order valence-electron chi connectivity index (χ2n) is 10.4. The average molecular weight is 614 g/mol. The monoisotopic (exact) mass is 614 g/mol. The summed E-state index contributed by atoms with van der Waals surface area (Å²) in [5.41, 5.74) is -0.370. The lowest BCUT2D eigenvalue weighted by atomic mass is 9.77. The van der Waals surface area contributed by atoms with Crippen molar-refractivity contribution < 1.29 is 52.8 Å². The molecule has 14 heteroatoms. The van der Waals surface area contributed by atoms with Gasteiger partial charge in [0.15, 0.2) is 0 Å². The Morgan fingerprint density at radius 2 is 1.24 bits per heavy atom. The van der Waals surface area contributed by atoms with Gasteiger partial charge in [0.05, 0.1) is 0 Å². The molecule has 0 aliphatic heterocycles. The lowest BCUT2D eigenvalue weighted by Crippen LogP contribution is -2.65. The first kappa shape index (κ1) is 31.7. The summed E-state index contributed by atoms with van der Waals surface area (Å²) in [4.78, 5) is 4.10. The van der Waals surface area contributed by atoms with Crippen LogP contribution in [-0.2, 0) is 5.92 Å². The maximum atomic E-state index is 14.3. The predicted octanol–water partition coefficient (Wildman–Crippen LogP) is 10.0. The van der Waals surface area contributed by atoms with E-state index in [-0.39, 0.29) is 29.4 Å². The Labute approximate surface area is 233 Å². The maximum Gasteiger partial charge on any atom is 0.460 e. The highest BCUT2D eigenvalue weighted by molar-refractivity contribution is 5.60. The van der Waals surface area contributed by atoms with Gasteiger partial charge >= 0.3 is 29.9 Å². The van der Waals surface area contributed by atoms with Gasteiger partial charge in [-0.3, -0.25) is 0 Å². The SMILES string of the molecule is CCCC1CCC(c2ccc(-c3noc(-c4ccc(C(F)(F)C(F)(F)C(F)(F)C(F)(F)C(F)(F)F)cc4)n3)cc2)CC1. The average Bonchev–Trinajstić information content (AvgIpc) is 3.43. The van der Waals surface area contributed by atoms with E-state index in [1.54, 1.807) is 12.1 Å². The van der Waals surface area contributed by atoms with Gasteiger partial charge in [0.25, 0.3) is 5.89 Å². The van der Waals surface area contributed by atoms with Crippen LogP contribution < -0.4 is 0 Å². The van der Waals surface area contributed by atoms with Gasteiger partial charge in [-0.2, -0.15) is 53.3 Å². The molecule has 1 fully saturated rings. The summed E-state index contributed by atoms with van der Waals surface area (Å²) in [6.07, 6.45) is -0.336. The maximum absolute atomic E-state index is 14.3. The minimum absolute atomic E-state index is 0.0955. The van der Waals surface area contributed by atoms with E-state index >= 15 is 0 Å². The molecule has 3 aromatic rings. The molecule has 0 unspecified atom stereocenters. The van der Waals surface area contributed by atoms with E-state index in [1.807, 2.05) is 12.1 Å². The molecule has 0 spiro atoms. The molecule has 0 N–H and O–H groups in total. The quantitative estimate of drug-likeness (QED) is 0.225.